The molecule has 2 N–H and O–H groups in total. The number of phenolic OH excluding ortho intramolecular Hbond substituents is 1. The lowest BCUT2D eigenvalue weighted by Crippen LogP contribution is -2.43. The Kier molecular flexibility index (Phi) is 7.45. The van der Waals surface area contributed by atoms with Crippen LogP contribution in [0.3, 0.4) is 0 Å². The Balaban J connectivity index is 1.39. The van der Waals surface area contributed by atoms with Gasteiger partial charge in [-0.25, -0.2) is 13.2 Å². The fourth-order valence-corrected chi connectivity index (χ4v) is 9.98. The molecule has 5 saturated heterocycles. The molecule has 0 aliphatic carbocycles. The Hall–Kier alpha value is -2.81. The maximum atomic E-state index is 16.5. The molecular weight excluding hydrogens is 640 g/mol. The van der Waals surface area contributed by atoms with Gasteiger partial charge in [-0.05, 0) is 55.5 Å². The first-order valence-electron chi connectivity index (χ1n) is 15.1. The van der Waals surface area contributed by atoms with E-state index in [9.17, 15) is 22.7 Å². The number of hydrogen-bond donors (Lipinski definition) is 2. The quantitative estimate of drug-likeness (QED) is 0.265. The van der Waals surface area contributed by atoms with Gasteiger partial charge in [0.2, 0.25) is 0 Å². The van der Waals surface area contributed by atoms with Crippen molar-refractivity contribution in [2.75, 3.05) is 37.7 Å². The summed E-state index contributed by atoms with van der Waals surface area (Å²) in [5.74, 6) is -3.13. The molecule has 6 heterocycles. The van der Waals surface area contributed by atoms with E-state index in [2.05, 4.69) is 21.9 Å². The average Bonchev–Trinajstić information content (AvgIpc) is 3.34. The second kappa shape index (κ2) is 10.9. The summed E-state index contributed by atoms with van der Waals surface area (Å²) in [4.78, 5) is 16.6. The van der Waals surface area contributed by atoms with Crippen LogP contribution in [0, 0.1) is 11.6 Å². The number of benzene rings is 2. The van der Waals surface area contributed by atoms with Gasteiger partial charge in [0.15, 0.2) is 5.82 Å². The van der Waals surface area contributed by atoms with Crippen molar-refractivity contribution in [2.45, 2.75) is 68.0 Å². The van der Waals surface area contributed by atoms with Crippen LogP contribution in [0.15, 0.2) is 18.2 Å². The van der Waals surface area contributed by atoms with Crippen LogP contribution >= 0.6 is 11.6 Å². The van der Waals surface area contributed by atoms with Gasteiger partial charge in [0, 0.05) is 43.0 Å². The lowest BCUT2D eigenvalue weighted by molar-refractivity contribution is -0.137. The summed E-state index contributed by atoms with van der Waals surface area (Å²) in [6.07, 6.45) is -2.31. The monoisotopic (exact) mass is 671 g/mol. The van der Waals surface area contributed by atoms with Crippen LogP contribution in [0.25, 0.3) is 22.0 Å². The van der Waals surface area contributed by atoms with Crippen molar-refractivity contribution < 1.29 is 36.2 Å². The Morgan fingerprint density at radius 3 is 2.71 bits per heavy atom. The van der Waals surface area contributed by atoms with Crippen LogP contribution < -0.4 is 14.6 Å². The van der Waals surface area contributed by atoms with E-state index >= 15 is 8.78 Å². The Bertz CT molecular complexity index is 1670. The van der Waals surface area contributed by atoms with Crippen LogP contribution in [0.2, 0.25) is 10.1 Å². The third kappa shape index (κ3) is 5.40. The summed E-state index contributed by atoms with van der Waals surface area (Å²) in [7, 11) is -0.673. The maximum Gasteiger partial charge on any atom is 0.418 e. The predicted molar refractivity (Wildman–Crippen MR) is 160 cm³/mol. The van der Waals surface area contributed by atoms with Crippen molar-refractivity contribution >= 4 is 38.0 Å². The summed E-state index contributed by atoms with van der Waals surface area (Å²) in [5, 5.41) is 9.15. The minimum atomic E-state index is -5.08. The molecular formula is C30H32ClF6N5O2Si. The molecule has 4 atom stereocenters. The van der Waals surface area contributed by atoms with Gasteiger partial charge in [-0.15, -0.1) is 0 Å². The SMILES string of the molecule is C[C@]12CCC(CN(c3nc(OC[C@@]45CCCN4C[C@H](F)C5)nc4c(F)c(-c5cc(O)cc(Cl)c5C(F)(F)F)c(F)cc34)C1)N[SiH2]2. The third-order valence-electron chi connectivity index (χ3n) is 9.93. The van der Waals surface area contributed by atoms with Crippen molar-refractivity contribution in [3.05, 3.63) is 40.4 Å². The number of aromatic hydroxyl groups is 1. The number of nitrogens with one attached hydrogen (secondary N) is 1. The maximum absolute atomic E-state index is 16.5. The van der Waals surface area contributed by atoms with Gasteiger partial charge in [-0.1, -0.05) is 18.5 Å². The van der Waals surface area contributed by atoms with Crippen molar-refractivity contribution in [3.63, 3.8) is 0 Å². The van der Waals surface area contributed by atoms with E-state index < -0.39 is 72.2 Å². The van der Waals surface area contributed by atoms with Crippen LogP contribution in [-0.4, -0.2) is 80.2 Å². The van der Waals surface area contributed by atoms with Crippen LogP contribution in [0.4, 0.5) is 32.2 Å². The lowest BCUT2D eigenvalue weighted by atomic mass is 9.95. The Morgan fingerprint density at radius 2 is 1.98 bits per heavy atom. The highest BCUT2D eigenvalue weighted by atomic mass is 35.5. The van der Waals surface area contributed by atoms with Gasteiger partial charge in [0.05, 0.1) is 31.4 Å². The van der Waals surface area contributed by atoms with E-state index in [1.807, 2.05) is 9.80 Å². The van der Waals surface area contributed by atoms with Gasteiger partial charge in [0.25, 0.3) is 0 Å². The molecule has 2 bridgehead atoms. The largest absolute Gasteiger partial charge is 0.508 e. The van der Waals surface area contributed by atoms with E-state index in [0.717, 1.165) is 31.9 Å². The van der Waals surface area contributed by atoms with Crippen molar-refractivity contribution in [1.82, 2.24) is 19.9 Å². The number of ether oxygens (including phenoxy) is 1. The van der Waals surface area contributed by atoms with E-state index in [0.29, 0.717) is 38.2 Å². The Labute approximate surface area is 262 Å². The summed E-state index contributed by atoms with van der Waals surface area (Å²) < 4.78 is 95.3. The number of phenols is 1. The average molecular weight is 672 g/mol. The lowest BCUT2D eigenvalue weighted by Gasteiger charge is -2.33. The van der Waals surface area contributed by atoms with Crippen LogP contribution in [0.5, 0.6) is 11.8 Å². The number of nitrogens with zero attached hydrogens (tertiary/aromatic N) is 4. The van der Waals surface area contributed by atoms with E-state index in [1.54, 1.807) is 0 Å². The summed E-state index contributed by atoms with van der Waals surface area (Å²) in [5.41, 5.74) is -4.46. The zero-order valence-corrected chi connectivity index (χ0v) is 26.6. The van der Waals surface area contributed by atoms with Gasteiger partial charge in [-0.3, -0.25) is 4.90 Å². The first kappa shape index (κ1) is 30.8. The fraction of sp³-hybridized carbons (Fsp3) is 0.533. The first-order valence-corrected chi connectivity index (χ1v) is 16.8. The molecule has 0 amide bonds. The molecule has 45 heavy (non-hydrogen) atoms. The molecule has 242 valence electrons. The molecule has 3 aromatic rings. The van der Waals surface area contributed by atoms with Gasteiger partial charge in [-0.2, -0.15) is 23.1 Å². The number of halogens is 7. The summed E-state index contributed by atoms with van der Waals surface area (Å²) >= 11 is 5.85. The minimum absolute atomic E-state index is 0.0159. The number of rotatable bonds is 5. The minimum Gasteiger partial charge on any atom is -0.508 e. The highest BCUT2D eigenvalue weighted by Crippen LogP contribution is 2.47. The highest BCUT2D eigenvalue weighted by Gasteiger charge is 2.49. The van der Waals surface area contributed by atoms with E-state index in [1.165, 1.54) is 0 Å². The van der Waals surface area contributed by atoms with Crippen LogP contribution in [0.1, 0.15) is 44.6 Å². The first-order chi connectivity index (χ1) is 21.3. The van der Waals surface area contributed by atoms with Gasteiger partial charge < -0.3 is 19.7 Å². The second-order valence-corrected chi connectivity index (χ2v) is 16.2. The summed E-state index contributed by atoms with van der Waals surface area (Å²) in [6.45, 7) is 4.32. The molecule has 15 heteroatoms. The molecule has 8 rings (SSSR count). The standard InChI is InChI=1S/C30H32ClF6N5O2Si/c1-28-5-3-16(40-45-28)12-41(13-28)26-19-9-21(33)22(18-7-17(43)8-20(31)23(18)30(35,36)37)24(34)25(19)38-27(39-26)44-14-29-4-2-6-42(29)11-15(32)10-29/h7-9,15-16,40,43H,2-6,10-14,45H2,1H3/t15-,16?,28+,29+/m1/s1. The van der Waals surface area contributed by atoms with Gasteiger partial charge >= 0.3 is 12.2 Å². The van der Waals surface area contributed by atoms with Crippen LogP contribution in [-0.2, 0) is 6.18 Å². The molecule has 7 nitrogen and oxygen atoms in total. The zero-order valence-electron chi connectivity index (χ0n) is 24.5. The van der Waals surface area contributed by atoms with E-state index in [4.69, 9.17) is 16.3 Å². The van der Waals surface area contributed by atoms with E-state index in [-0.39, 0.29) is 41.3 Å². The molecule has 0 radical (unpaired) electrons. The highest BCUT2D eigenvalue weighted by molar-refractivity contribution is 6.37. The summed E-state index contributed by atoms with van der Waals surface area (Å²) in [6, 6.07) is 2.17. The third-order valence-corrected chi connectivity index (χ3v) is 12.4. The molecule has 2 aromatic carbocycles. The molecule has 1 unspecified atom stereocenters. The second-order valence-electron chi connectivity index (χ2n) is 13.3. The molecule has 5 aliphatic heterocycles. The molecule has 5 fully saturated rings. The Morgan fingerprint density at radius 1 is 1.18 bits per heavy atom. The predicted octanol–water partition coefficient (Wildman–Crippen LogP) is 5.74. The smallest absolute Gasteiger partial charge is 0.418 e. The number of hydrogen-bond acceptors (Lipinski definition) is 7. The number of anilines is 1. The number of aromatic nitrogens is 2. The molecule has 0 saturated carbocycles. The van der Waals surface area contributed by atoms with Crippen molar-refractivity contribution in [3.8, 4) is 22.9 Å². The topological polar surface area (TPSA) is 73.8 Å². The van der Waals surface area contributed by atoms with Gasteiger partial charge in [0.1, 0.15) is 35.7 Å². The van der Waals surface area contributed by atoms with Crippen molar-refractivity contribution in [1.29, 1.82) is 0 Å². The number of alkyl halides is 4. The number of fused-ring (bicyclic) bond motifs is 6. The molecule has 1 aromatic heterocycles. The van der Waals surface area contributed by atoms with Crippen molar-refractivity contribution in [2.24, 2.45) is 0 Å². The zero-order chi connectivity index (χ0) is 31.9. The normalized spacial score (nSPS) is 29.1. The molecule has 0 spiro atoms. The fourth-order valence-electron chi connectivity index (χ4n) is 7.79. The molecule has 5 aliphatic rings.